The van der Waals surface area contributed by atoms with Gasteiger partial charge in [0.25, 0.3) is 0 Å². The molecule has 0 aliphatic heterocycles. The van der Waals surface area contributed by atoms with Crippen LogP contribution in [0.15, 0.2) is 97.1 Å². The predicted octanol–water partition coefficient (Wildman–Crippen LogP) is 6.06. The third kappa shape index (κ3) is 6.32. The first-order valence-electron chi connectivity index (χ1n) is 12.6. The summed E-state index contributed by atoms with van der Waals surface area (Å²) in [4.78, 5) is 0. The van der Waals surface area contributed by atoms with Crippen LogP contribution >= 0.6 is 15.8 Å². The molecule has 4 rings (SSSR count). The monoisotopic (exact) mass is 546 g/mol. The Morgan fingerprint density at radius 2 is 0.553 bits per heavy atom. The lowest BCUT2D eigenvalue weighted by Crippen LogP contribution is -2.31. The Balaban J connectivity index is 1.78. The van der Waals surface area contributed by atoms with E-state index in [1.54, 1.807) is 28.4 Å². The maximum absolute atomic E-state index is 5.46. The minimum absolute atomic E-state index is 0.391. The number of benzene rings is 4. The Morgan fingerprint density at radius 3 is 0.711 bits per heavy atom. The third-order valence-corrected chi connectivity index (χ3v) is 13.1. The van der Waals surface area contributed by atoms with Crippen LogP contribution in [-0.4, -0.2) is 39.8 Å². The summed E-state index contributed by atoms with van der Waals surface area (Å²) in [5.41, 5.74) is 0.782. The molecule has 0 saturated carbocycles. The van der Waals surface area contributed by atoms with E-state index in [1.807, 2.05) is 0 Å². The second-order valence-electron chi connectivity index (χ2n) is 9.01. The average Bonchev–Trinajstić information content (AvgIpc) is 2.98. The average molecular weight is 547 g/mol. The molecule has 4 aromatic carbocycles. The molecule has 2 atom stereocenters. The third-order valence-electron chi connectivity index (χ3n) is 6.92. The molecular formula is C32H36O4P2. The van der Waals surface area contributed by atoms with Crippen molar-refractivity contribution in [3.63, 3.8) is 0 Å². The van der Waals surface area contributed by atoms with Crippen LogP contribution < -0.4 is 40.2 Å². The molecule has 0 aliphatic carbocycles. The van der Waals surface area contributed by atoms with Crippen LogP contribution in [0.3, 0.4) is 0 Å². The molecule has 0 N–H and O–H groups in total. The van der Waals surface area contributed by atoms with E-state index in [2.05, 4.69) is 111 Å². The van der Waals surface area contributed by atoms with Gasteiger partial charge in [-0.25, -0.2) is 0 Å². The van der Waals surface area contributed by atoms with E-state index >= 15 is 0 Å². The van der Waals surface area contributed by atoms with Crippen LogP contribution in [0.1, 0.15) is 13.8 Å². The molecule has 0 aliphatic rings. The molecule has 0 spiro atoms. The summed E-state index contributed by atoms with van der Waals surface area (Å²) in [6, 6.07) is 34.4. The van der Waals surface area contributed by atoms with Crippen LogP contribution in [0.2, 0.25) is 0 Å². The number of rotatable bonds is 11. The van der Waals surface area contributed by atoms with Gasteiger partial charge in [-0.1, -0.05) is 62.4 Å². The lowest BCUT2D eigenvalue weighted by Gasteiger charge is -2.36. The zero-order chi connectivity index (χ0) is 27.1. The van der Waals surface area contributed by atoms with Gasteiger partial charge in [0.15, 0.2) is 0 Å². The lowest BCUT2D eigenvalue weighted by atomic mass is 10.3. The largest absolute Gasteiger partial charge is 0.497 e. The van der Waals surface area contributed by atoms with Crippen molar-refractivity contribution >= 4 is 37.1 Å². The highest BCUT2D eigenvalue weighted by Crippen LogP contribution is 2.51. The van der Waals surface area contributed by atoms with Crippen LogP contribution in [0.5, 0.6) is 23.0 Å². The Hall–Kier alpha value is -3.06. The highest BCUT2D eigenvalue weighted by atomic mass is 31.1. The van der Waals surface area contributed by atoms with Crippen molar-refractivity contribution in [2.45, 2.75) is 25.2 Å². The number of ether oxygens (including phenoxy) is 4. The maximum atomic E-state index is 5.46. The van der Waals surface area contributed by atoms with E-state index in [4.69, 9.17) is 18.9 Å². The van der Waals surface area contributed by atoms with Gasteiger partial charge in [0.05, 0.1) is 28.4 Å². The van der Waals surface area contributed by atoms with Gasteiger partial charge in [0.2, 0.25) is 0 Å². The van der Waals surface area contributed by atoms with Gasteiger partial charge in [0.1, 0.15) is 23.0 Å². The van der Waals surface area contributed by atoms with Crippen LogP contribution in [0.25, 0.3) is 0 Å². The summed E-state index contributed by atoms with van der Waals surface area (Å²) < 4.78 is 21.8. The van der Waals surface area contributed by atoms with Crippen LogP contribution in [0, 0.1) is 0 Å². The van der Waals surface area contributed by atoms with Gasteiger partial charge in [-0.3, -0.25) is 0 Å². The first-order chi connectivity index (χ1) is 18.5. The Morgan fingerprint density at radius 1 is 0.368 bits per heavy atom. The Kier molecular flexibility index (Phi) is 9.67. The molecule has 0 amide bonds. The zero-order valence-corrected chi connectivity index (χ0v) is 24.7. The smallest absolute Gasteiger partial charge is 0.118 e. The minimum atomic E-state index is -0.662. The van der Waals surface area contributed by atoms with E-state index < -0.39 is 15.8 Å². The number of methoxy groups -OCH3 is 4. The predicted molar refractivity (Wildman–Crippen MR) is 163 cm³/mol. The molecular weight excluding hydrogens is 510 g/mol. The number of hydrogen-bond donors (Lipinski definition) is 0. The Labute approximate surface area is 229 Å². The molecule has 0 heterocycles. The normalized spacial score (nSPS) is 12.7. The van der Waals surface area contributed by atoms with E-state index in [0.29, 0.717) is 11.3 Å². The lowest BCUT2D eigenvalue weighted by molar-refractivity contribution is 0.415. The summed E-state index contributed by atoms with van der Waals surface area (Å²) in [5.74, 6) is 3.49. The first kappa shape index (κ1) is 28.0. The summed E-state index contributed by atoms with van der Waals surface area (Å²) in [6.45, 7) is 4.82. The van der Waals surface area contributed by atoms with Gasteiger partial charge >= 0.3 is 0 Å². The SMILES string of the molecule is COc1ccc(P(c2ccc(OC)cc2)[C@@H](C)[C@H](C)P(c2ccc(OC)cc2)c2ccc(OC)cc2)cc1. The molecule has 38 heavy (non-hydrogen) atoms. The zero-order valence-electron chi connectivity index (χ0n) is 22.9. The fraction of sp³-hybridized carbons (Fsp3) is 0.250. The molecule has 0 radical (unpaired) electrons. The molecule has 4 aromatic rings. The maximum Gasteiger partial charge on any atom is 0.118 e. The highest BCUT2D eigenvalue weighted by Gasteiger charge is 2.32. The molecule has 0 bridgehead atoms. The second-order valence-corrected chi connectivity index (χ2v) is 14.2. The van der Waals surface area contributed by atoms with Crippen molar-refractivity contribution < 1.29 is 18.9 Å². The number of hydrogen-bond acceptors (Lipinski definition) is 4. The molecule has 0 aromatic heterocycles. The van der Waals surface area contributed by atoms with Gasteiger partial charge in [-0.15, -0.1) is 0 Å². The minimum Gasteiger partial charge on any atom is -0.497 e. The van der Waals surface area contributed by atoms with E-state index in [-0.39, 0.29) is 0 Å². The summed E-state index contributed by atoms with van der Waals surface area (Å²) >= 11 is 0. The van der Waals surface area contributed by atoms with Crippen molar-refractivity contribution in [2.75, 3.05) is 28.4 Å². The summed E-state index contributed by atoms with van der Waals surface area (Å²) in [7, 11) is 5.52. The van der Waals surface area contributed by atoms with Crippen LogP contribution in [-0.2, 0) is 0 Å². The summed E-state index contributed by atoms with van der Waals surface area (Å²) in [5, 5.41) is 5.35. The quantitative estimate of drug-likeness (QED) is 0.214. The topological polar surface area (TPSA) is 36.9 Å². The second kappa shape index (κ2) is 13.1. The highest BCUT2D eigenvalue weighted by molar-refractivity contribution is 7.77. The van der Waals surface area contributed by atoms with Crippen molar-refractivity contribution in [3.05, 3.63) is 97.1 Å². The molecule has 6 heteroatoms. The standard InChI is InChI=1S/C32H36O4P2/c1-23(37(29-15-7-25(33-3)8-16-29)30-17-9-26(34-4)10-18-30)24(2)38(31-19-11-27(35-5)12-20-31)32-21-13-28(36-6)14-22-32/h7-24H,1-6H3/t23-,24-/m0/s1. The molecule has 198 valence electrons. The van der Waals surface area contributed by atoms with Crippen molar-refractivity contribution in [1.82, 2.24) is 0 Å². The molecule has 0 saturated heterocycles. The fourth-order valence-electron chi connectivity index (χ4n) is 4.64. The van der Waals surface area contributed by atoms with E-state index in [9.17, 15) is 0 Å². The molecule has 0 unspecified atom stereocenters. The van der Waals surface area contributed by atoms with Gasteiger partial charge in [-0.05, 0) is 96.9 Å². The van der Waals surface area contributed by atoms with Crippen molar-refractivity contribution in [1.29, 1.82) is 0 Å². The van der Waals surface area contributed by atoms with Crippen molar-refractivity contribution in [3.8, 4) is 23.0 Å². The van der Waals surface area contributed by atoms with Crippen LogP contribution in [0.4, 0.5) is 0 Å². The molecule has 0 fully saturated rings. The van der Waals surface area contributed by atoms with Gasteiger partial charge in [-0.2, -0.15) is 0 Å². The molecule has 4 nitrogen and oxygen atoms in total. The van der Waals surface area contributed by atoms with E-state index in [1.165, 1.54) is 21.2 Å². The van der Waals surface area contributed by atoms with Crippen molar-refractivity contribution in [2.24, 2.45) is 0 Å². The first-order valence-corrected chi connectivity index (χ1v) is 15.5. The fourth-order valence-corrected chi connectivity index (χ4v) is 10.7. The van der Waals surface area contributed by atoms with Gasteiger partial charge < -0.3 is 18.9 Å². The summed E-state index contributed by atoms with van der Waals surface area (Å²) in [6.07, 6.45) is 0. The van der Waals surface area contributed by atoms with Gasteiger partial charge in [0, 0.05) is 0 Å². The van der Waals surface area contributed by atoms with E-state index in [0.717, 1.165) is 23.0 Å². The Bertz CT molecular complexity index is 1080.